The van der Waals surface area contributed by atoms with Crippen LogP contribution in [-0.2, 0) is 21.8 Å². The van der Waals surface area contributed by atoms with Gasteiger partial charge in [0.25, 0.3) is 6.43 Å². The second-order valence-electron chi connectivity index (χ2n) is 3.14. The van der Waals surface area contributed by atoms with Crippen molar-refractivity contribution in [1.82, 2.24) is 4.98 Å². The maximum atomic E-state index is 13.4. The van der Waals surface area contributed by atoms with E-state index in [9.17, 15) is 18.0 Å². The number of carbonyl (C=O) groups excluding carboxylic acids is 1. The second-order valence-corrected chi connectivity index (χ2v) is 3.41. The minimum atomic E-state index is -2.91. The molecule has 0 bridgehead atoms. The van der Waals surface area contributed by atoms with Crippen LogP contribution in [0.5, 0.6) is 0 Å². The van der Waals surface area contributed by atoms with Crippen molar-refractivity contribution < 1.29 is 22.7 Å². The van der Waals surface area contributed by atoms with E-state index in [2.05, 4.69) is 9.72 Å². The van der Waals surface area contributed by atoms with E-state index in [1.807, 2.05) is 0 Å². The highest BCUT2D eigenvalue weighted by Crippen LogP contribution is 2.22. The van der Waals surface area contributed by atoms with Crippen LogP contribution in [0.15, 0.2) is 6.07 Å². The summed E-state index contributed by atoms with van der Waals surface area (Å²) >= 11 is 5.48. The summed E-state index contributed by atoms with van der Waals surface area (Å²) in [6, 6.07) is 0.614. The van der Waals surface area contributed by atoms with Crippen molar-refractivity contribution in [2.75, 3.05) is 7.11 Å². The molecule has 17 heavy (non-hydrogen) atoms. The largest absolute Gasteiger partial charge is 0.469 e. The topological polar surface area (TPSA) is 39.2 Å². The number of esters is 1. The van der Waals surface area contributed by atoms with E-state index >= 15 is 0 Å². The van der Waals surface area contributed by atoms with Crippen molar-refractivity contribution in [2.45, 2.75) is 18.7 Å². The monoisotopic (exact) mass is 267 g/mol. The fourth-order valence-electron chi connectivity index (χ4n) is 1.22. The van der Waals surface area contributed by atoms with Crippen LogP contribution in [-0.4, -0.2) is 18.1 Å². The molecule has 1 aromatic heterocycles. The molecule has 0 fully saturated rings. The van der Waals surface area contributed by atoms with E-state index in [4.69, 9.17) is 11.6 Å². The summed E-state index contributed by atoms with van der Waals surface area (Å²) in [6.07, 6.45) is -3.30. The molecule has 0 unspecified atom stereocenters. The van der Waals surface area contributed by atoms with Gasteiger partial charge in [-0.2, -0.15) is 0 Å². The molecule has 0 saturated heterocycles. The number of carbonyl (C=O) groups is 1. The highest BCUT2D eigenvalue weighted by Gasteiger charge is 2.19. The van der Waals surface area contributed by atoms with Crippen molar-refractivity contribution in [2.24, 2.45) is 0 Å². The number of ether oxygens (including phenoxy) is 1. The van der Waals surface area contributed by atoms with Crippen LogP contribution in [0.3, 0.4) is 0 Å². The molecule has 0 N–H and O–H groups in total. The standard InChI is InChI=1S/C10H9ClF3NO2/c1-17-9(16)3-7-5(4-11)6(12)2-8(15-7)10(13)14/h2,10H,3-4H2,1H3. The lowest BCUT2D eigenvalue weighted by molar-refractivity contribution is -0.139. The molecule has 94 valence electrons. The van der Waals surface area contributed by atoms with E-state index in [0.29, 0.717) is 6.07 Å². The molecule has 0 atom stereocenters. The molecule has 0 aromatic carbocycles. The van der Waals surface area contributed by atoms with Crippen LogP contribution in [0.25, 0.3) is 0 Å². The summed E-state index contributed by atoms with van der Waals surface area (Å²) in [5, 5.41) is 0. The summed E-state index contributed by atoms with van der Waals surface area (Å²) in [5.74, 6) is -1.85. The van der Waals surface area contributed by atoms with Crippen LogP contribution >= 0.6 is 11.6 Å². The molecule has 3 nitrogen and oxygen atoms in total. The molecule has 1 aromatic rings. The lowest BCUT2D eigenvalue weighted by Gasteiger charge is -2.09. The van der Waals surface area contributed by atoms with Gasteiger partial charge in [0.2, 0.25) is 0 Å². The summed E-state index contributed by atoms with van der Waals surface area (Å²) in [7, 11) is 1.13. The fourth-order valence-corrected chi connectivity index (χ4v) is 1.50. The third-order valence-corrected chi connectivity index (χ3v) is 2.34. The first-order chi connectivity index (χ1) is 7.99. The molecule has 0 spiro atoms. The highest BCUT2D eigenvalue weighted by molar-refractivity contribution is 6.17. The van der Waals surface area contributed by atoms with Gasteiger partial charge in [0.15, 0.2) is 0 Å². The fraction of sp³-hybridized carbons (Fsp3) is 0.400. The van der Waals surface area contributed by atoms with E-state index in [0.717, 1.165) is 7.11 Å². The van der Waals surface area contributed by atoms with E-state index < -0.39 is 30.3 Å². The van der Waals surface area contributed by atoms with Crippen LogP contribution in [0.4, 0.5) is 13.2 Å². The number of nitrogens with zero attached hydrogens (tertiary/aromatic N) is 1. The minimum absolute atomic E-state index is 0.0681. The van der Waals surface area contributed by atoms with Gasteiger partial charge >= 0.3 is 5.97 Å². The molecular weight excluding hydrogens is 259 g/mol. The lowest BCUT2D eigenvalue weighted by atomic mass is 10.1. The van der Waals surface area contributed by atoms with Crippen molar-refractivity contribution >= 4 is 17.6 Å². The molecule has 0 amide bonds. The number of halogens is 4. The van der Waals surface area contributed by atoms with E-state index in [1.165, 1.54) is 0 Å². The first-order valence-electron chi connectivity index (χ1n) is 4.58. The molecule has 0 saturated carbocycles. The molecule has 7 heteroatoms. The third kappa shape index (κ3) is 3.33. The van der Waals surface area contributed by atoms with E-state index in [1.54, 1.807) is 0 Å². The quantitative estimate of drug-likeness (QED) is 0.622. The van der Waals surface area contributed by atoms with Crippen molar-refractivity contribution in [3.63, 3.8) is 0 Å². The first-order valence-corrected chi connectivity index (χ1v) is 5.12. The SMILES string of the molecule is COC(=O)Cc1nc(C(F)F)cc(F)c1CCl. The molecule has 1 heterocycles. The number of hydrogen-bond acceptors (Lipinski definition) is 3. The zero-order valence-electron chi connectivity index (χ0n) is 8.84. The molecule has 1 rings (SSSR count). The summed E-state index contributed by atoms with van der Waals surface area (Å²) in [6.45, 7) is 0. The Morgan fingerprint density at radius 1 is 1.59 bits per heavy atom. The normalized spacial score (nSPS) is 10.7. The highest BCUT2D eigenvalue weighted by atomic mass is 35.5. The Labute approximate surface area is 101 Å². The summed E-state index contributed by atoms with van der Waals surface area (Å²) < 4.78 is 42.6. The van der Waals surface area contributed by atoms with Crippen LogP contribution in [0, 0.1) is 5.82 Å². The summed E-state index contributed by atoms with van der Waals surface area (Å²) in [4.78, 5) is 14.5. The predicted molar refractivity (Wildman–Crippen MR) is 54.4 cm³/mol. The maximum Gasteiger partial charge on any atom is 0.311 e. The minimum Gasteiger partial charge on any atom is -0.469 e. The van der Waals surface area contributed by atoms with Crippen molar-refractivity contribution in [3.05, 3.63) is 28.8 Å². The van der Waals surface area contributed by atoms with Crippen LogP contribution in [0.2, 0.25) is 0 Å². The Balaban J connectivity index is 3.19. The molecular formula is C10H9ClF3NO2. The van der Waals surface area contributed by atoms with Gasteiger partial charge in [-0.05, 0) is 0 Å². The molecule has 0 aliphatic heterocycles. The Bertz CT molecular complexity index is 426. The van der Waals surface area contributed by atoms with Crippen LogP contribution in [0.1, 0.15) is 23.4 Å². The zero-order valence-corrected chi connectivity index (χ0v) is 9.60. The Hall–Kier alpha value is -1.30. The van der Waals surface area contributed by atoms with Crippen LogP contribution < -0.4 is 0 Å². The number of pyridine rings is 1. The van der Waals surface area contributed by atoms with Gasteiger partial charge in [-0.25, -0.2) is 13.2 Å². The number of rotatable bonds is 4. The van der Waals surface area contributed by atoms with Gasteiger partial charge in [-0.15, -0.1) is 11.6 Å². The number of methoxy groups -OCH3 is 1. The van der Waals surface area contributed by atoms with Gasteiger partial charge < -0.3 is 4.74 Å². The lowest BCUT2D eigenvalue weighted by Crippen LogP contribution is -2.11. The maximum absolute atomic E-state index is 13.4. The Kier molecular flexibility index (Phi) is 4.74. The average Bonchev–Trinajstić information content (AvgIpc) is 2.28. The smallest absolute Gasteiger partial charge is 0.311 e. The Morgan fingerprint density at radius 2 is 2.24 bits per heavy atom. The summed E-state index contributed by atoms with van der Waals surface area (Å²) in [5.41, 5.74) is -0.918. The second kappa shape index (κ2) is 5.86. The predicted octanol–water partition coefficient (Wildman–Crippen LogP) is 2.61. The van der Waals surface area contributed by atoms with Crippen molar-refractivity contribution in [3.8, 4) is 0 Å². The Morgan fingerprint density at radius 3 is 2.71 bits per heavy atom. The number of aromatic nitrogens is 1. The first kappa shape index (κ1) is 13.8. The molecule has 0 aliphatic rings. The van der Waals surface area contributed by atoms with Gasteiger partial charge in [0, 0.05) is 11.6 Å². The van der Waals surface area contributed by atoms with Crippen molar-refractivity contribution in [1.29, 1.82) is 0 Å². The zero-order chi connectivity index (χ0) is 13.0. The average molecular weight is 268 g/mol. The number of hydrogen-bond donors (Lipinski definition) is 0. The van der Waals surface area contributed by atoms with Gasteiger partial charge in [-0.1, -0.05) is 0 Å². The van der Waals surface area contributed by atoms with Gasteiger partial charge in [0.1, 0.15) is 11.5 Å². The molecule has 0 aliphatic carbocycles. The van der Waals surface area contributed by atoms with Gasteiger partial charge in [-0.3, -0.25) is 9.78 Å². The third-order valence-electron chi connectivity index (χ3n) is 2.07. The van der Waals surface area contributed by atoms with E-state index in [-0.39, 0.29) is 17.1 Å². The number of alkyl halides is 3. The van der Waals surface area contributed by atoms with Gasteiger partial charge in [0.05, 0.1) is 25.1 Å². The molecule has 0 radical (unpaired) electrons.